The van der Waals surface area contributed by atoms with Crippen LogP contribution in [-0.2, 0) is 6.61 Å². The highest BCUT2D eigenvalue weighted by atomic mass is 16.5. The van der Waals surface area contributed by atoms with E-state index in [9.17, 15) is 4.79 Å². The van der Waals surface area contributed by atoms with Gasteiger partial charge in [0, 0.05) is 17.5 Å². The predicted molar refractivity (Wildman–Crippen MR) is 120 cm³/mol. The van der Waals surface area contributed by atoms with E-state index in [-0.39, 0.29) is 6.61 Å². The van der Waals surface area contributed by atoms with Crippen LogP contribution in [0, 0.1) is 6.92 Å². The second-order valence-corrected chi connectivity index (χ2v) is 7.24. The van der Waals surface area contributed by atoms with Crippen molar-refractivity contribution in [2.75, 3.05) is 19.5 Å². The molecule has 0 saturated heterocycles. The molecule has 0 radical (unpaired) electrons. The van der Waals surface area contributed by atoms with Crippen LogP contribution in [0.15, 0.2) is 60.0 Å². The van der Waals surface area contributed by atoms with Gasteiger partial charge in [0.2, 0.25) is 0 Å². The number of amides is 2. The first-order chi connectivity index (χ1) is 14.9. The van der Waals surface area contributed by atoms with Crippen LogP contribution in [0.1, 0.15) is 23.6 Å². The molecule has 2 amide bonds. The average Bonchev–Trinajstić information content (AvgIpc) is 2.78. The summed E-state index contributed by atoms with van der Waals surface area (Å²) >= 11 is 0. The van der Waals surface area contributed by atoms with Gasteiger partial charge >= 0.3 is 6.03 Å². The van der Waals surface area contributed by atoms with Crippen LogP contribution < -0.4 is 25.9 Å². The minimum Gasteiger partial charge on any atom is -0.496 e. The summed E-state index contributed by atoms with van der Waals surface area (Å²) in [4.78, 5) is 12.2. The molecule has 2 aromatic rings. The lowest BCUT2D eigenvalue weighted by Crippen LogP contribution is -2.23. The van der Waals surface area contributed by atoms with Crippen LogP contribution in [0.25, 0.3) is 5.57 Å². The third kappa shape index (κ3) is 5.22. The molecule has 1 aliphatic heterocycles. The molecule has 0 bridgehead atoms. The Morgan fingerprint density at radius 3 is 2.74 bits per heavy atom. The molecule has 1 atom stereocenters. The van der Waals surface area contributed by atoms with E-state index in [4.69, 9.17) is 15.3 Å². The zero-order valence-corrected chi connectivity index (χ0v) is 18.2. The van der Waals surface area contributed by atoms with Gasteiger partial charge in [-0.05, 0) is 54.8 Å². The molecule has 31 heavy (non-hydrogen) atoms. The number of nitrogens with one attached hydrogen (secondary N) is 2. The van der Waals surface area contributed by atoms with Gasteiger partial charge in [0.15, 0.2) is 0 Å². The number of allylic oxidation sites excluding steroid dienone is 2. The topological polar surface area (TPSA) is 101 Å². The van der Waals surface area contributed by atoms with Crippen LogP contribution in [0.5, 0.6) is 11.5 Å². The fourth-order valence-electron chi connectivity index (χ4n) is 3.16. The Bertz CT molecular complexity index is 1060. The maximum atomic E-state index is 12.2. The van der Waals surface area contributed by atoms with Crippen LogP contribution >= 0.6 is 0 Å². The third-order valence-electron chi connectivity index (χ3n) is 5.01. The number of nitrogens with two attached hydrogens (primary N) is 1. The monoisotopic (exact) mass is 422 g/mol. The molecule has 0 spiro atoms. The number of dihydropyridines is 1. The van der Waals surface area contributed by atoms with E-state index in [0.717, 1.165) is 27.1 Å². The van der Waals surface area contributed by atoms with E-state index < -0.39 is 6.03 Å². The lowest BCUT2D eigenvalue weighted by molar-refractivity contribution is -0.466. The Kier molecular flexibility index (Phi) is 6.92. The molecular formula is C23H28N5O3+. The number of anilines is 1. The normalized spacial score (nSPS) is 15.7. The fourth-order valence-corrected chi connectivity index (χ4v) is 3.16. The van der Waals surface area contributed by atoms with Crippen molar-refractivity contribution in [2.24, 2.45) is 11.1 Å². The van der Waals surface area contributed by atoms with Gasteiger partial charge in [-0.3, -0.25) is 0 Å². The first-order valence-electron chi connectivity index (χ1n) is 9.92. The van der Waals surface area contributed by atoms with Gasteiger partial charge < -0.3 is 14.8 Å². The third-order valence-corrected chi connectivity index (χ3v) is 5.01. The minimum absolute atomic E-state index is 0.213. The van der Waals surface area contributed by atoms with Crippen molar-refractivity contribution < 1.29 is 19.0 Å². The first kappa shape index (κ1) is 21.9. The minimum atomic E-state index is -0.464. The number of rotatable bonds is 6. The number of hydrogen-bond acceptors (Lipinski definition) is 5. The SMILES string of the molecule is COc1cccc(NC(=O)/[N+](C)=N\N)c1COc1ccc(C2=CNC(C)C=C2)cc1C. The standard InChI is InChI=1S/C23H27N5O3/c1-15-12-17(18-9-8-16(2)25-13-18)10-11-21(15)31-14-19-20(6-5-7-22(19)30-4)26-23(29)28(3)27-24/h5-13,16,24-25H,14H2,1-4H3,(H,26,29)/p+1. The molecule has 3 rings (SSSR count). The summed E-state index contributed by atoms with van der Waals surface area (Å²) in [6.45, 7) is 4.32. The lowest BCUT2D eigenvalue weighted by atomic mass is 10.0. The van der Waals surface area contributed by atoms with Gasteiger partial charge in [-0.15, -0.1) is 4.70 Å². The molecule has 2 aromatic carbocycles. The molecule has 4 N–H and O–H groups in total. The number of ether oxygens (including phenoxy) is 2. The molecule has 0 saturated carbocycles. The molecule has 1 heterocycles. The molecule has 1 unspecified atom stereocenters. The fraction of sp³-hybridized carbons (Fsp3) is 0.261. The smallest absolute Gasteiger partial charge is 0.459 e. The van der Waals surface area contributed by atoms with Crippen molar-refractivity contribution in [2.45, 2.75) is 26.5 Å². The molecule has 162 valence electrons. The largest absolute Gasteiger partial charge is 0.496 e. The summed E-state index contributed by atoms with van der Waals surface area (Å²) in [5, 5.41) is 9.44. The average molecular weight is 423 g/mol. The van der Waals surface area contributed by atoms with E-state index in [1.165, 1.54) is 7.05 Å². The number of aryl methyl sites for hydroxylation is 1. The summed E-state index contributed by atoms with van der Waals surface area (Å²) in [5.41, 5.74) is 4.51. The van der Waals surface area contributed by atoms with E-state index >= 15 is 0 Å². The summed E-state index contributed by atoms with van der Waals surface area (Å²) in [6, 6.07) is 11.3. The zero-order valence-electron chi connectivity index (χ0n) is 18.2. The van der Waals surface area contributed by atoms with Gasteiger partial charge in [-0.25, -0.2) is 16.0 Å². The Hall–Kier alpha value is -3.81. The maximum absolute atomic E-state index is 12.2. The Morgan fingerprint density at radius 1 is 1.29 bits per heavy atom. The van der Waals surface area contributed by atoms with Crippen molar-refractivity contribution in [1.29, 1.82) is 0 Å². The first-order valence-corrected chi connectivity index (χ1v) is 9.92. The highest BCUT2D eigenvalue weighted by Crippen LogP contribution is 2.30. The van der Waals surface area contributed by atoms with Crippen molar-refractivity contribution in [3.8, 4) is 11.5 Å². The maximum Gasteiger partial charge on any atom is 0.459 e. The number of benzene rings is 2. The number of carbonyl (C=O) groups is 1. The quantitative estimate of drug-likeness (QED) is 0.283. The van der Waals surface area contributed by atoms with E-state index in [0.29, 0.717) is 23.0 Å². The molecule has 8 heteroatoms. The second kappa shape index (κ2) is 9.80. The Labute approximate surface area is 182 Å². The zero-order chi connectivity index (χ0) is 22.4. The molecule has 8 nitrogen and oxygen atoms in total. The number of urea groups is 1. The number of methoxy groups -OCH3 is 1. The predicted octanol–water partition coefficient (Wildman–Crippen LogP) is 3.97. The van der Waals surface area contributed by atoms with Crippen molar-refractivity contribution in [3.63, 3.8) is 0 Å². The second-order valence-electron chi connectivity index (χ2n) is 7.24. The van der Waals surface area contributed by atoms with Gasteiger partial charge in [0.25, 0.3) is 0 Å². The number of hydrogen-bond donors (Lipinski definition) is 3. The van der Waals surface area contributed by atoms with E-state index in [1.807, 2.05) is 31.3 Å². The molecular weight excluding hydrogens is 394 g/mol. The van der Waals surface area contributed by atoms with Crippen LogP contribution in [-0.4, -0.2) is 30.9 Å². The number of nitrogens with zero attached hydrogens (tertiary/aromatic N) is 2. The molecule has 0 fully saturated rings. The van der Waals surface area contributed by atoms with Crippen LogP contribution in [0.4, 0.5) is 10.5 Å². The van der Waals surface area contributed by atoms with Crippen molar-refractivity contribution in [1.82, 2.24) is 5.32 Å². The van der Waals surface area contributed by atoms with Crippen molar-refractivity contribution in [3.05, 3.63) is 71.4 Å². The van der Waals surface area contributed by atoms with Gasteiger partial charge in [-0.2, -0.15) is 0 Å². The summed E-state index contributed by atoms with van der Waals surface area (Å²) in [5.74, 6) is 6.53. The lowest BCUT2D eigenvalue weighted by Gasteiger charge is -2.17. The van der Waals surface area contributed by atoms with E-state index in [2.05, 4.69) is 41.0 Å². The Balaban J connectivity index is 1.79. The Morgan fingerprint density at radius 2 is 2.10 bits per heavy atom. The highest BCUT2D eigenvalue weighted by molar-refractivity contribution is 5.84. The van der Waals surface area contributed by atoms with Crippen molar-refractivity contribution >= 4 is 17.3 Å². The van der Waals surface area contributed by atoms with Gasteiger partial charge in [0.05, 0.1) is 19.7 Å². The highest BCUT2D eigenvalue weighted by Gasteiger charge is 2.18. The molecule has 0 aliphatic carbocycles. The summed E-state index contributed by atoms with van der Waals surface area (Å²) < 4.78 is 12.6. The molecule has 1 aliphatic rings. The van der Waals surface area contributed by atoms with Crippen LogP contribution in [0.2, 0.25) is 0 Å². The summed E-state index contributed by atoms with van der Waals surface area (Å²) in [6.07, 6.45) is 6.27. The van der Waals surface area contributed by atoms with Crippen LogP contribution in [0.3, 0.4) is 0 Å². The van der Waals surface area contributed by atoms with Gasteiger partial charge in [0.1, 0.15) is 23.8 Å². The number of carbonyl (C=O) groups excluding carboxylic acids is 1. The van der Waals surface area contributed by atoms with Gasteiger partial charge in [-0.1, -0.05) is 24.3 Å². The summed E-state index contributed by atoms with van der Waals surface area (Å²) in [7, 11) is 3.04. The van der Waals surface area contributed by atoms with E-state index in [1.54, 1.807) is 19.2 Å². The molecule has 0 aromatic heterocycles.